The second kappa shape index (κ2) is 12.1. The highest BCUT2D eigenvalue weighted by Crippen LogP contribution is 2.37. The molecule has 0 bridgehead atoms. The van der Waals surface area contributed by atoms with Gasteiger partial charge in [0.15, 0.2) is 17.5 Å². The monoisotopic (exact) mass is 587 g/mol. The Morgan fingerprint density at radius 1 is 0.239 bits per heavy atom. The van der Waals surface area contributed by atoms with Crippen LogP contribution < -0.4 is 0 Å². The van der Waals surface area contributed by atoms with Gasteiger partial charge < -0.3 is 0 Å². The Morgan fingerprint density at radius 2 is 0.609 bits per heavy atom. The van der Waals surface area contributed by atoms with Gasteiger partial charge in [-0.15, -0.1) is 0 Å². The number of fused-ring (bicyclic) bond motifs is 1. The van der Waals surface area contributed by atoms with Gasteiger partial charge in [0, 0.05) is 16.7 Å². The van der Waals surface area contributed by atoms with E-state index in [1.54, 1.807) is 0 Å². The maximum atomic E-state index is 4.96. The van der Waals surface area contributed by atoms with Crippen molar-refractivity contribution in [3.63, 3.8) is 0 Å². The molecule has 0 unspecified atom stereocenters. The molecule has 7 aromatic carbocycles. The molecule has 1 heterocycles. The highest BCUT2D eigenvalue weighted by atomic mass is 15.0. The van der Waals surface area contributed by atoms with Gasteiger partial charge in [0.05, 0.1) is 0 Å². The minimum atomic E-state index is 0.647. The zero-order valence-electron chi connectivity index (χ0n) is 25.1. The molecule has 0 atom stereocenters. The molecule has 0 aliphatic rings. The number of nitrogens with zero attached hydrogens (tertiary/aromatic N) is 3. The molecule has 0 radical (unpaired) electrons. The lowest BCUT2D eigenvalue weighted by Gasteiger charge is -2.14. The summed E-state index contributed by atoms with van der Waals surface area (Å²) < 4.78 is 0. The predicted molar refractivity (Wildman–Crippen MR) is 190 cm³/mol. The van der Waals surface area contributed by atoms with Crippen LogP contribution in [0.15, 0.2) is 176 Å². The van der Waals surface area contributed by atoms with Crippen molar-refractivity contribution in [2.75, 3.05) is 0 Å². The van der Waals surface area contributed by atoms with E-state index in [0.29, 0.717) is 17.5 Å². The molecular weight excluding hydrogens is 558 g/mol. The summed E-state index contributed by atoms with van der Waals surface area (Å²) in [5.41, 5.74) is 9.99. The minimum absolute atomic E-state index is 0.647. The molecular formula is C43H29N3. The fourth-order valence-electron chi connectivity index (χ4n) is 6.04. The van der Waals surface area contributed by atoms with Gasteiger partial charge in [-0.05, 0) is 50.2 Å². The zero-order valence-corrected chi connectivity index (χ0v) is 25.1. The van der Waals surface area contributed by atoms with Crippen molar-refractivity contribution in [3.8, 4) is 67.5 Å². The van der Waals surface area contributed by atoms with E-state index in [0.717, 1.165) is 22.3 Å². The molecule has 216 valence electrons. The van der Waals surface area contributed by atoms with Crippen molar-refractivity contribution in [1.82, 2.24) is 15.0 Å². The molecule has 0 fully saturated rings. The Labute approximate surface area is 268 Å². The molecule has 0 saturated heterocycles. The van der Waals surface area contributed by atoms with Crippen LogP contribution in [0, 0.1) is 0 Å². The highest BCUT2D eigenvalue weighted by molar-refractivity contribution is 6.05. The topological polar surface area (TPSA) is 38.7 Å². The normalized spacial score (nSPS) is 11.0. The van der Waals surface area contributed by atoms with Crippen LogP contribution in [0.1, 0.15) is 0 Å². The molecule has 8 aromatic rings. The molecule has 0 saturated carbocycles. The number of rotatable bonds is 6. The lowest BCUT2D eigenvalue weighted by atomic mass is 9.91. The van der Waals surface area contributed by atoms with E-state index in [-0.39, 0.29) is 0 Å². The summed E-state index contributed by atoms with van der Waals surface area (Å²) in [5, 5.41) is 2.42. The van der Waals surface area contributed by atoms with E-state index >= 15 is 0 Å². The van der Waals surface area contributed by atoms with Crippen LogP contribution in [-0.2, 0) is 0 Å². The minimum Gasteiger partial charge on any atom is -0.208 e. The van der Waals surface area contributed by atoms with Crippen LogP contribution in [0.5, 0.6) is 0 Å². The molecule has 0 amide bonds. The van der Waals surface area contributed by atoms with Crippen LogP contribution in [0.25, 0.3) is 78.3 Å². The summed E-state index contributed by atoms with van der Waals surface area (Å²) in [6.45, 7) is 0. The molecule has 0 N–H and O–H groups in total. The lowest BCUT2D eigenvalue weighted by Crippen LogP contribution is -2.00. The Balaban J connectivity index is 1.21. The lowest BCUT2D eigenvalue weighted by molar-refractivity contribution is 1.07. The fraction of sp³-hybridized carbons (Fsp3) is 0. The van der Waals surface area contributed by atoms with E-state index in [1.807, 2.05) is 60.7 Å². The molecule has 0 spiro atoms. The van der Waals surface area contributed by atoms with Crippen LogP contribution in [0.4, 0.5) is 0 Å². The Kier molecular flexibility index (Phi) is 7.18. The molecule has 3 heteroatoms. The van der Waals surface area contributed by atoms with E-state index in [1.165, 1.54) is 38.6 Å². The van der Waals surface area contributed by atoms with E-state index in [9.17, 15) is 0 Å². The van der Waals surface area contributed by atoms with Crippen LogP contribution in [0.2, 0.25) is 0 Å². The van der Waals surface area contributed by atoms with Gasteiger partial charge in [-0.25, -0.2) is 15.0 Å². The summed E-state index contributed by atoms with van der Waals surface area (Å²) in [5.74, 6) is 1.96. The second-order valence-corrected chi connectivity index (χ2v) is 11.3. The standard InChI is InChI=1S/C43H29N3/c1-4-13-30(14-5-1)31-23-25-32(26-24-31)37-27-28-38(40-22-11-10-21-39(37)40)35-19-12-20-36(29-35)43-45-41(33-15-6-2-7-16-33)44-42(46-43)34-17-8-3-9-18-34/h1-29H. The first kappa shape index (κ1) is 27.4. The average Bonchev–Trinajstić information content (AvgIpc) is 3.15. The van der Waals surface area contributed by atoms with Gasteiger partial charge >= 0.3 is 0 Å². The third-order valence-corrected chi connectivity index (χ3v) is 8.36. The maximum Gasteiger partial charge on any atom is 0.164 e. The van der Waals surface area contributed by atoms with E-state index in [2.05, 4.69) is 115 Å². The van der Waals surface area contributed by atoms with Crippen molar-refractivity contribution < 1.29 is 0 Å². The first-order valence-electron chi connectivity index (χ1n) is 15.5. The predicted octanol–water partition coefficient (Wildman–Crippen LogP) is 11.0. The summed E-state index contributed by atoms with van der Waals surface area (Å²) in [6.07, 6.45) is 0. The maximum absolute atomic E-state index is 4.96. The summed E-state index contributed by atoms with van der Waals surface area (Å²) in [6, 6.07) is 61.2. The van der Waals surface area contributed by atoms with Crippen LogP contribution in [0.3, 0.4) is 0 Å². The molecule has 46 heavy (non-hydrogen) atoms. The zero-order chi connectivity index (χ0) is 30.7. The Bertz CT molecular complexity index is 2220. The van der Waals surface area contributed by atoms with Gasteiger partial charge in [0.25, 0.3) is 0 Å². The number of aromatic nitrogens is 3. The second-order valence-electron chi connectivity index (χ2n) is 11.3. The Morgan fingerprint density at radius 3 is 1.15 bits per heavy atom. The molecule has 0 aliphatic carbocycles. The van der Waals surface area contributed by atoms with Crippen LogP contribution in [-0.4, -0.2) is 15.0 Å². The smallest absolute Gasteiger partial charge is 0.164 e. The summed E-state index contributed by atoms with van der Waals surface area (Å²) in [7, 11) is 0. The van der Waals surface area contributed by atoms with Crippen molar-refractivity contribution in [1.29, 1.82) is 0 Å². The highest BCUT2D eigenvalue weighted by Gasteiger charge is 2.14. The fourth-order valence-corrected chi connectivity index (χ4v) is 6.04. The quantitative estimate of drug-likeness (QED) is 0.194. The molecule has 3 nitrogen and oxygen atoms in total. The largest absolute Gasteiger partial charge is 0.208 e. The molecule has 1 aromatic heterocycles. The van der Waals surface area contributed by atoms with Crippen molar-refractivity contribution in [3.05, 3.63) is 176 Å². The average molecular weight is 588 g/mol. The van der Waals surface area contributed by atoms with Crippen molar-refractivity contribution in [2.24, 2.45) is 0 Å². The van der Waals surface area contributed by atoms with Crippen molar-refractivity contribution >= 4 is 10.8 Å². The van der Waals surface area contributed by atoms with Crippen molar-refractivity contribution in [2.45, 2.75) is 0 Å². The number of benzene rings is 7. The third kappa shape index (κ3) is 5.36. The molecule has 0 aliphatic heterocycles. The summed E-state index contributed by atoms with van der Waals surface area (Å²) >= 11 is 0. The van der Waals surface area contributed by atoms with E-state index in [4.69, 9.17) is 15.0 Å². The van der Waals surface area contributed by atoms with E-state index < -0.39 is 0 Å². The van der Waals surface area contributed by atoms with Gasteiger partial charge in [-0.3, -0.25) is 0 Å². The summed E-state index contributed by atoms with van der Waals surface area (Å²) in [4.78, 5) is 14.8. The van der Waals surface area contributed by atoms with Gasteiger partial charge in [-0.2, -0.15) is 0 Å². The van der Waals surface area contributed by atoms with Gasteiger partial charge in [-0.1, -0.05) is 170 Å². The van der Waals surface area contributed by atoms with Gasteiger partial charge in [0.1, 0.15) is 0 Å². The number of hydrogen-bond acceptors (Lipinski definition) is 3. The van der Waals surface area contributed by atoms with Crippen LogP contribution >= 0.6 is 0 Å². The molecule has 8 rings (SSSR count). The third-order valence-electron chi connectivity index (χ3n) is 8.36. The SMILES string of the molecule is c1ccc(-c2ccc(-c3ccc(-c4cccc(-c5nc(-c6ccccc6)nc(-c6ccccc6)n5)c4)c4ccccc34)cc2)cc1. The first-order valence-corrected chi connectivity index (χ1v) is 15.5. The van der Waals surface area contributed by atoms with Gasteiger partial charge in [0.2, 0.25) is 0 Å². The Hall–Kier alpha value is -6.19. The first-order chi connectivity index (χ1) is 22.8. The number of hydrogen-bond donors (Lipinski definition) is 0.